The van der Waals surface area contributed by atoms with Crippen LogP contribution in [-0.4, -0.2) is 22.5 Å². The Labute approximate surface area is 75.0 Å². The van der Waals surface area contributed by atoms with Gasteiger partial charge >= 0.3 is 0 Å². The number of aryl methyl sites for hydroxylation is 1. The van der Waals surface area contributed by atoms with E-state index in [0.717, 1.165) is 17.7 Å². The molecule has 13 heavy (non-hydrogen) atoms. The molecule has 0 saturated heterocycles. The summed E-state index contributed by atoms with van der Waals surface area (Å²) in [6, 6.07) is 0. The summed E-state index contributed by atoms with van der Waals surface area (Å²) in [6.45, 7) is 1.19. The van der Waals surface area contributed by atoms with E-state index < -0.39 is 0 Å². The lowest BCUT2D eigenvalue weighted by molar-refractivity contribution is 0.109. The number of hydrogen-bond donors (Lipinski definition) is 0. The van der Waals surface area contributed by atoms with Crippen molar-refractivity contribution in [3.8, 4) is 0 Å². The lowest BCUT2D eigenvalue weighted by Gasteiger charge is -2.12. The van der Waals surface area contributed by atoms with Crippen molar-refractivity contribution in [2.45, 2.75) is 13.0 Å². The molecule has 0 saturated carbocycles. The van der Waals surface area contributed by atoms with Gasteiger partial charge in [0.05, 0.1) is 13.2 Å². The van der Waals surface area contributed by atoms with Crippen molar-refractivity contribution >= 4 is 11.9 Å². The van der Waals surface area contributed by atoms with Gasteiger partial charge in [0.25, 0.3) is 0 Å². The first kappa shape index (κ1) is 8.16. The Morgan fingerprint density at radius 1 is 1.69 bits per heavy atom. The Bertz CT molecular complexity index is 377. The molecule has 1 aromatic rings. The Kier molecular flexibility index (Phi) is 1.96. The molecule has 0 aliphatic carbocycles. The quantitative estimate of drug-likeness (QED) is 0.465. The molecule has 1 aliphatic heterocycles. The number of carbonyl (C=O) groups excluding carboxylic acids is 1. The van der Waals surface area contributed by atoms with Crippen molar-refractivity contribution in [3.05, 3.63) is 11.3 Å². The van der Waals surface area contributed by atoms with Gasteiger partial charge in [-0.2, -0.15) is 5.10 Å². The highest BCUT2D eigenvalue weighted by atomic mass is 16.5. The molecule has 0 unspecified atom stereocenters. The van der Waals surface area contributed by atoms with Crippen LogP contribution in [0.3, 0.4) is 0 Å². The highest BCUT2D eigenvalue weighted by Gasteiger charge is 2.19. The van der Waals surface area contributed by atoms with E-state index in [1.165, 1.54) is 6.08 Å². The molecule has 1 aliphatic rings. The molecular weight excluding hydrogens is 170 g/mol. The first-order valence-corrected chi connectivity index (χ1v) is 4.03. The zero-order chi connectivity index (χ0) is 9.26. The van der Waals surface area contributed by atoms with Gasteiger partial charge in [0.2, 0.25) is 6.08 Å². The molecule has 0 fully saturated rings. The zero-order valence-corrected chi connectivity index (χ0v) is 7.28. The maximum atomic E-state index is 10.1. The maximum Gasteiger partial charge on any atom is 0.242 e. The predicted octanol–water partition coefficient (Wildman–Crippen LogP) is 0.460. The topological polar surface area (TPSA) is 56.5 Å². The van der Waals surface area contributed by atoms with E-state index in [4.69, 9.17) is 4.74 Å². The molecule has 0 bridgehead atoms. The van der Waals surface area contributed by atoms with E-state index in [1.54, 1.807) is 4.68 Å². The number of hydrogen-bond acceptors (Lipinski definition) is 4. The van der Waals surface area contributed by atoms with Crippen molar-refractivity contribution in [2.24, 2.45) is 12.0 Å². The molecule has 2 heterocycles. The summed E-state index contributed by atoms with van der Waals surface area (Å²) in [5, 5.41) is 4.09. The van der Waals surface area contributed by atoms with Crippen molar-refractivity contribution in [1.82, 2.24) is 9.78 Å². The first-order chi connectivity index (χ1) is 6.33. The van der Waals surface area contributed by atoms with Crippen LogP contribution in [0.4, 0.5) is 5.82 Å². The van der Waals surface area contributed by atoms with Gasteiger partial charge in [-0.3, -0.25) is 4.68 Å². The number of aliphatic imine (C=N–C) groups is 1. The monoisotopic (exact) mass is 179 g/mol. The zero-order valence-electron chi connectivity index (χ0n) is 7.28. The van der Waals surface area contributed by atoms with Crippen LogP contribution in [0.1, 0.15) is 11.3 Å². The normalized spacial score (nSPS) is 14.8. The van der Waals surface area contributed by atoms with Crippen LogP contribution in [0.25, 0.3) is 0 Å². The number of ether oxygens (including phenoxy) is 1. The average Bonchev–Trinajstić information content (AvgIpc) is 2.46. The minimum Gasteiger partial charge on any atom is -0.376 e. The number of isocyanates is 1. The molecule has 68 valence electrons. The number of rotatable bonds is 1. The van der Waals surface area contributed by atoms with Gasteiger partial charge < -0.3 is 4.74 Å². The molecular formula is C8H9N3O2. The van der Waals surface area contributed by atoms with E-state index in [1.807, 2.05) is 7.05 Å². The second-order valence-electron chi connectivity index (χ2n) is 2.88. The van der Waals surface area contributed by atoms with Crippen LogP contribution in [0.15, 0.2) is 4.99 Å². The lowest BCUT2D eigenvalue weighted by Crippen LogP contribution is -2.11. The SMILES string of the molecule is Cn1nc(N=C=O)c2c1CCOC2. The van der Waals surface area contributed by atoms with Gasteiger partial charge in [-0.1, -0.05) is 0 Å². The van der Waals surface area contributed by atoms with Gasteiger partial charge in [0, 0.05) is 24.7 Å². The number of nitrogens with zero attached hydrogens (tertiary/aromatic N) is 3. The molecule has 2 rings (SSSR count). The summed E-state index contributed by atoms with van der Waals surface area (Å²) in [5.41, 5.74) is 2.01. The fraction of sp³-hybridized carbons (Fsp3) is 0.500. The van der Waals surface area contributed by atoms with Gasteiger partial charge in [0.15, 0.2) is 5.82 Å². The first-order valence-electron chi connectivity index (χ1n) is 4.03. The largest absolute Gasteiger partial charge is 0.376 e. The number of fused-ring (bicyclic) bond motifs is 1. The Hall–Kier alpha value is -1.45. The molecule has 1 aromatic heterocycles. The third-order valence-electron chi connectivity index (χ3n) is 2.13. The van der Waals surface area contributed by atoms with Crippen LogP contribution < -0.4 is 0 Å². The van der Waals surface area contributed by atoms with Crippen LogP contribution in [-0.2, 0) is 29.6 Å². The van der Waals surface area contributed by atoms with Crippen molar-refractivity contribution < 1.29 is 9.53 Å². The second-order valence-corrected chi connectivity index (χ2v) is 2.88. The van der Waals surface area contributed by atoms with Crippen LogP contribution in [0, 0.1) is 0 Å². The van der Waals surface area contributed by atoms with E-state index in [2.05, 4.69) is 10.1 Å². The van der Waals surface area contributed by atoms with E-state index in [9.17, 15) is 4.79 Å². The standard InChI is InChI=1S/C8H9N3O2/c1-11-7-2-3-13-4-6(7)8(10-11)9-5-12/h2-4H2,1H3. The van der Waals surface area contributed by atoms with Gasteiger partial charge in [0.1, 0.15) is 0 Å². The van der Waals surface area contributed by atoms with Crippen molar-refractivity contribution in [2.75, 3.05) is 6.61 Å². The third-order valence-corrected chi connectivity index (χ3v) is 2.13. The Morgan fingerprint density at radius 3 is 3.31 bits per heavy atom. The van der Waals surface area contributed by atoms with Crippen molar-refractivity contribution in [3.63, 3.8) is 0 Å². The summed E-state index contributed by atoms with van der Waals surface area (Å²) >= 11 is 0. The summed E-state index contributed by atoms with van der Waals surface area (Å²) in [7, 11) is 1.84. The van der Waals surface area contributed by atoms with Crippen molar-refractivity contribution in [1.29, 1.82) is 0 Å². The van der Waals surface area contributed by atoms with Crippen LogP contribution in [0.5, 0.6) is 0 Å². The fourth-order valence-corrected chi connectivity index (χ4v) is 1.52. The van der Waals surface area contributed by atoms with Gasteiger partial charge in [-0.15, -0.1) is 4.99 Å². The Balaban J connectivity index is 2.53. The molecule has 5 nitrogen and oxygen atoms in total. The molecule has 0 radical (unpaired) electrons. The Morgan fingerprint density at radius 2 is 2.54 bits per heavy atom. The molecule has 0 N–H and O–H groups in total. The number of aromatic nitrogens is 2. The maximum absolute atomic E-state index is 10.1. The summed E-state index contributed by atoms with van der Waals surface area (Å²) in [5.74, 6) is 0.437. The minimum absolute atomic E-state index is 0.437. The van der Waals surface area contributed by atoms with Gasteiger partial charge in [-0.25, -0.2) is 4.79 Å². The summed E-state index contributed by atoms with van der Waals surface area (Å²) in [6.07, 6.45) is 2.32. The third kappa shape index (κ3) is 1.28. The van der Waals surface area contributed by atoms with E-state index in [-0.39, 0.29) is 0 Å². The molecule has 5 heteroatoms. The average molecular weight is 179 g/mol. The summed E-state index contributed by atoms with van der Waals surface area (Å²) < 4.78 is 7.00. The molecule has 0 amide bonds. The fourth-order valence-electron chi connectivity index (χ4n) is 1.52. The molecule has 0 spiro atoms. The summed E-state index contributed by atoms with van der Waals surface area (Å²) in [4.78, 5) is 13.6. The van der Waals surface area contributed by atoms with Crippen LogP contribution >= 0.6 is 0 Å². The van der Waals surface area contributed by atoms with Gasteiger partial charge in [-0.05, 0) is 0 Å². The molecule has 0 atom stereocenters. The van der Waals surface area contributed by atoms with Crippen LogP contribution in [0.2, 0.25) is 0 Å². The predicted molar refractivity (Wildman–Crippen MR) is 44.3 cm³/mol. The highest BCUT2D eigenvalue weighted by Crippen LogP contribution is 2.25. The highest BCUT2D eigenvalue weighted by molar-refractivity contribution is 5.50. The second kappa shape index (κ2) is 3.12. The molecule has 0 aromatic carbocycles. The van der Waals surface area contributed by atoms with E-state index >= 15 is 0 Å². The van der Waals surface area contributed by atoms with E-state index in [0.29, 0.717) is 19.0 Å². The minimum atomic E-state index is 0.437. The smallest absolute Gasteiger partial charge is 0.242 e. The lowest BCUT2D eigenvalue weighted by atomic mass is 10.1.